The van der Waals surface area contributed by atoms with Crippen molar-refractivity contribution in [1.82, 2.24) is 0 Å². The van der Waals surface area contributed by atoms with E-state index in [4.69, 9.17) is 34.8 Å². The topological polar surface area (TPSA) is 24.7 Å². The van der Waals surface area contributed by atoms with Crippen LogP contribution in [0.2, 0.25) is 0 Å². The fraction of sp³-hybridized carbons (Fsp3) is 0.500. The first-order chi connectivity index (χ1) is 5.26. The van der Waals surface area contributed by atoms with E-state index in [1.165, 1.54) is 0 Å². The van der Waals surface area contributed by atoms with Crippen LogP contribution in [0.4, 0.5) is 13.2 Å². The Morgan fingerprint density at radius 1 is 1.08 bits per heavy atom. The molecule has 0 spiro atoms. The van der Waals surface area contributed by atoms with Gasteiger partial charge in [0.15, 0.2) is 10.3 Å². The summed E-state index contributed by atoms with van der Waals surface area (Å²) in [5, 5.41) is -4.12. The maximum atomic E-state index is 12.0. The molecule has 0 aromatic carbocycles. The summed E-state index contributed by atoms with van der Waals surface area (Å²) in [6.07, 6.45) is -4.80. The molecule has 0 amide bonds. The van der Waals surface area contributed by atoms with Crippen molar-refractivity contribution in [3.05, 3.63) is 0 Å². The molecule has 1 aliphatic heterocycles. The number of hydrogen-bond donors (Lipinski definition) is 0. The van der Waals surface area contributed by atoms with Crippen molar-refractivity contribution >= 4 is 45.1 Å². The summed E-state index contributed by atoms with van der Waals surface area (Å²) in [4.78, 5) is 5.72. The second-order valence-electron chi connectivity index (χ2n) is 1.89. The van der Waals surface area contributed by atoms with E-state index in [-0.39, 0.29) is 0 Å². The number of hydrogen-bond acceptors (Lipinski definition) is 2. The SMILES string of the molecule is FC(F)(F)C1(Cl)N=C(Cl)C(Cl)=N1. The van der Waals surface area contributed by atoms with Gasteiger partial charge in [-0.25, -0.2) is 9.98 Å². The van der Waals surface area contributed by atoms with Crippen LogP contribution in [0.15, 0.2) is 9.98 Å². The zero-order valence-corrected chi connectivity index (χ0v) is 7.43. The molecule has 0 saturated heterocycles. The van der Waals surface area contributed by atoms with Gasteiger partial charge in [-0.3, -0.25) is 0 Å². The highest BCUT2D eigenvalue weighted by Gasteiger charge is 2.57. The Bertz CT molecular complexity index is 251. The molecule has 68 valence electrons. The zero-order chi connectivity index (χ0) is 9.57. The molecule has 8 heteroatoms. The van der Waals surface area contributed by atoms with Crippen LogP contribution >= 0.6 is 34.8 Å². The van der Waals surface area contributed by atoms with Gasteiger partial charge in [0.2, 0.25) is 0 Å². The first-order valence-corrected chi connectivity index (χ1v) is 3.66. The van der Waals surface area contributed by atoms with Gasteiger partial charge in [0.1, 0.15) is 0 Å². The zero-order valence-electron chi connectivity index (χ0n) is 5.16. The van der Waals surface area contributed by atoms with Crippen molar-refractivity contribution in [2.24, 2.45) is 9.98 Å². The summed E-state index contributed by atoms with van der Waals surface area (Å²) in [6, 6.07) is 0. The maximum absolute atomic E-state index is 12.0. The number of nitrogens with zero attached hydrogens (tertiary/aromatic N) is 2. The van der Waals surface area contributed by atoms with Gasteiger partial charge in [-0.05, 0) is 0 Å². The summed E-state index contributed by atoms with van der Waals surface area (Å²) in [7, 11) is 0. The summed E-state index contributed by atoms with van der Waals surface area (Å²) in [6.45, 7) is 0. The monoisotopic (exact) mass is 238 g/mol. The van der Waals surface area contributed by atoms with Crippen LogP contribution in [0.25, 0.3) is 0 Å². The van der Waals surface area contributed by atoms with Crippen molar-refractivity contribution in [1.29, 1.82) is 0 Å². The molecule has 1 aliphatic rings. The predicted molar refractivity (Wildman–Crippen MR) is 41.2 cm³/mol. The molecule has 0 aromatic heterocycles. The highest BCUT2D eigenvalue weighted by atomic mass is 35.5. The van der Waals surface area contributed by atoms with E-state index < -0.39 is 21.6 Å². The van der Waals surface area contributed by atoms with Crippen molar-refractivity contribution in [3.63, 3.8) is 0 Å². The minimum Gasteiger partial charge on any atom is -0.216 e. The van der Waals surface area contributed by atoms with Gasteiger partial charge in [0.25, 0.3) is 0 Å². The molecule has 0 unspecified atom stereocenters. The lowest BCUT2D eigenvalue weighted by Crippen LogP contribution is -2.34. The third kappa shape index (κ3) is 1.53. The Balaban J connectivity index is 3.08. The molecule has 1 heterocycles. The second kappa shape index (κ2) is 2.75. The molecule has 0 N–H and O–H groups in total. The molecule has 0 atom stereocenters. The fourth-order valence-electron chi connectivity index (χ4n) is 0.504. The molecule has 1 rings (SSSR count). The van der Waals surface area contributed by atoms with E-state index in [9.17, 15) is 13.2 Å². The third-order valence-corrected chi connectivity index (χ3v) is 2.03. The average molecular weight is 239 g/mol. The van der Waals surface area contributed by atoms with Crippen molar-refractivity contribution in [2.75, 3.05) is 0 Å². The van der Waals surface area contributed by atoms with Crippen molar-refractivity contribution in [2.45, 2.75) is 11.3 Å². The van der Waals surface area contributed by atoms with E-state index in [1.54, 1.807) is 0 Å². The lowest BCUT2D eigenvalue weighted by molar-refractivity contribution is -0.157. The van der Waals surface area contributed by atoms with Gasteiger partial charge in [0, 0.05) is 0 Å². The van der Waals surface area contributed by atoms with Gasteiger partial charge in [-0.2, -0.15) is 13.2 Å². The Morgan fingerprint density at radius 3 is 1.58 bits per heavy atom. The molecule has 0 bridgehead atoms. The number of aliphatic imine (C=N–C) groups is 2. The quantitative estimate of drug-likeness (QED) is 0.459. The Hall–Kier alpha value is -0.000000000000000111. The van der Waals surface area contributed by atoms with Crippen molar-refractivity contribution < 1.29 is 13.2 Å². The fourth-order valence-corrected chi connectivity index (χ4v) is 1.09. The Labute approximate surface area is 80.0 Å². The van der Waals surface area contributed by atoms with E-state index in [0.29, 0.717) is 0 Å². The van der Waals surface area contributed by atoms with Gasteiger partial charge >= 0.3 is 11.3 Å². The number of rotatable bonds is 0. The molecule has 12 heavy (non-hydrogen) atoms. The van der Waals surface area contributed by atoms with Gasteiger partial charge < -0.3 is 0 Å². The molecule has 0 fully saturated rings. The summed E-state index contributed by atoms with van der Waals surface area (Å²) < 4.78 is 36.1. The van der Waals surface area contributed by atoms with Gasteiger partial charge in [-0.15, -0.1) is 0 Å². The molecule has 2 nitrogen and oxygen atoms in total. The Kier molecular flexibility index (Phi) is 2.31. The lowest BCUT2D eigenvalue weighted by atomic mass is 10.5. The van der Waals surface area contributed by atoms with E-state index in [0.717, 1.165) is 0 Å². The standard InChI is InChI=1S/C4Cl3F3N2/c5-1-2(6)12-3(7,11-1)4(8,9)10. The molecule has 0 saturated carbocycles. The van der Waals surface area contributed by atoms with Gasteiger partial charge in [0.05, 0.1) is 0 Å². The predicted octanol–water partition coefficient (Wildman–Crippen LogP) is 2.73. The van der Waals surface area contributed by atoms with Crippen LogP contribution in [-0.2, 0) is 0 Å². The van der Waals surface area contributed by atoms with Gasteiger partial charge in [-0.1, -0.05) is 34.8 Å². The van der Waals surface area contributed by atoms with Crippen LogP contribution in [0.3, 0.4) is 0 Å². The van der Waals surface area contributed by atoms with Crippen LogP contribution in [0.1, 0.15) is 0 Å². The Morgan fingerprint density at radius 2 is 1.42 bits per heavy atom. The minimum atomic E-state index is -4.80. The lowest BCUT2D eigenvalue weighted by Gasteiger charge is -2.17. The normalized spacial score (nSPS) is 22.2. The first kappa shape index (κ1) is 10.1. The molecular weight excluding hydrogens is 239 g/mol. The smallest absolute Gasteiger partial charge is 0.216 e. The van der Waals surface area contributed by atoms with Crippen LogP contribution < -0.4 is 0 Å². The molecule has 0 aromatic rings. The molecule has 0 aliphatic carbocycles. The highest BCUT2D eigenvalue weighted by Crippen LogP contribution is 2.42. The summed E-state index contributed by atoms with van der Waals surface area (Å²) in [5.41, 5.74) is 0. The number of halogens is 6. The average Bonchev–Trinajstić information content (AvgIpc) is 2.06. The highest BCUT2D eigenvalue weighted by molar-refractivity contribution is 7.01. The van der Waals surface area contributed by atoms with Crippen LogP contribution in [0, 0.1) is 0 Å². The maximum Gasteiger partial charge on any atom is 0.450 e. The molecular formula is C4Cl3F3N2. The third-order valence-electron chi connectivity index (χ3n) is 1.02. The number of alkyl halides is 4. The molecule has 0 radical (unpaired) electrons. The van der Waals surface area contributed by atoms with Crippen LogP contribution in [-0.4, -0.2) is 21.6 Å². The second-order valence-corrected chi connectivity index (χ2v) is 3.13. The first-order valence-electron chi connectivity index (χ1n) is 2.53. The van der Waals surface area contributed by atoms with E-state index in [1.807, 2.05) is 0 Å². The summed E-state index contributed by atoms with van der Waals surface area (Å²) in [5.74, 6) is 0. The van der Waals surface area contributed by atoms with Crippen LogP contribution in [0.5, 0.6) is 0 Å². The van der Waals surface area contributed by atoms with E-state index in [2.05, 4.69) is 9.98 Å². The largest absolute Gasteiger partial charge is 0.450 e. The minimum absolute atomic E-state index is 0.538. The van der Waals surface area contributed by atoms with Crippen molar-refractivity contribution in [3.8, 4) is 0 Å². The summed E-state index contributed by atoms with van der Waals surface area (Å²) >= 11 is 15.3. The van der Waals surface area contributed by atoms with E-state index >= 15 is 0 Å².